The van der Waals surface area contributed by atoms with E-state index >= 15 is 0 Å². The van der Waals surface area contributed by atoms with E-state index in [0.29, 0.717) is 6.54 Å². The molecule has 38 heavy (non-hydrogen) atoms. The monoisotopic (exact) mass is 514 g/mol. The fraction of sp³-hybridized carbons (Fsp3) is 0.419. The van der Waals surface area contributed by atoms with Gasteiger partial charge < -0.3 is 14.4 Å². The highest BCUT2D eigenvalue weighted by atomic mass is 16.5. The molecule has 0 radical (unpaired) electrons. The second-order valence-electron chi connectivity index (χ2n) is 10.3. The van der Waals surface area contributed by atoms with Gasteiger partial charge in [0.2, 0.25) is 0 Å². The lowest BCUT2D eigenvalue weighted by molar-refractivity contribution is 0.100. The van der Waals surface area contributed by atoms with Crippen molar-refractivity contribution >= 4 is 16.9 Å². The second-order valence-corrected chi connectivity index (χ2v) is 10.3. The van der Waals surface area contributed by atoms with E-state index in [1.165, 1.54) is 10.9 Å². The van der Waals surface area contributed by atoms with Crippen molar-refractivity contribution in [1.29, 1.82) is 0 Å². The van der Waals surface area contributed by atoms with Crippen LogP contribution in [0.3, 0.4) is 0 Å². The number of fused-ring (bicyclic) bond motifs is 1. The Morgan fingerprint density at radius 3 is 2.53 bits per heavy atom. The van der Waals surface area contributed by atoms with Crippen molar-refractivity contribution in [3.63, 3.8) is 0 Å². The summed E-state index contributed by atoms with van der Waals surface area (Å²) in [4.78, 5) is 24.7. The smallest absolute Gasteiger partial charge is 0.325 e. The summed E-state index contributed by atoms with van der Waals surface area (Å²) in [7, 11) is 5.29. The molecule has 7 nitrogen and oxygen atoms in total. The van der Waals surface area contributed by atoms with E-state index in [-0.39, 0.29) is 11.6 Å². The standard InChI is InChI=1S/C31H38N4O3/c1-6-9-29-31(13-16-34(17-14-31)20-23-10-7-12-27-26(23)11-8-15-32-27)33(3)30(36)35(29)21-24-18-25(37-4)19-28(38-5)22(24)2/h7-12,15,18-19H,6,13-14,16-17,20-21H2,1-5H3/b29-9-. The van der Waals surface area contributed by atoms with Gasteiger partial charge in [-0.15, -0.1) is 0 Å². The number of pyridine rings is 1. The summed E-state index contributed by atoms with van der Waals surface area (Å²) in [5.74, 6) is 1.50. The molecule has 1 spiro atoms. The van der Waals surface area contributed by atoms with Gasteiger partial charge in [-0.25, -0.2) is 4.79 Å². The molecule has 1 aromatic heterocycles. The topological polar surface area (TPSA) is 58.1 Å². The van der Waals surface area contributed by atoms with Crippen LogP contribution in [0, 0.1) is 6.92 Å². The number of aromatic nitrogens is 1. The summed E-state index contributed by atoms with van der Waals surface area (Å²) in [5.41, 5.74) is 5.23. The predicted octanol–water partition coefficient (Wildman–Crippen LogP) is 5.76. The van der Waals surface area contributed by atoms with Crippen molar-refractivity contribution in [3.05, 3.63) is 77.1 Å². The summed E-state index contributed by atoms with van der Waals surface area (Å²) in [6, 6.07) is 14.5. The molecule has 2 aliphatic heterocycles. The molecule has 0 unspecified atom stereocenters. The number of methoxy groups -OCH3 is 2. The average Bonchev–Trinajstić information content (AvgIpc) is 3.12. The summed E-state index contributed by atoms with van der Waals surface area (Å²) in [5, 5.41) is 1.21. The van der Waals surface area contributed by atoms with Gasteiger partial charge in [0.1, 0.15) is 11.5 Å². The highest BCUT2D eigenvalue weighted by molar-refractivity contribution is 5.83. The average molecular weight is 515 g/mol. The second kappa shape index (κ2) is 10.7. The zero-order valence-electron chi connectivity index (χ0n) is 23.2. The number of allylic oxidation sites excluding steroid dienone is 1. The molecule has 200 valence electrons. The first-order valence-corrected chi connectivity index (χ1v) is 13.4. The maximum Gasteiger partial charge on any atom is 0.325 e. The molecule has 7 heteroatoms. The fourth-order valence-electron chi connectivity index (χ4n) is 6.14. The molecule has 5 rings (SSSR count). The number of piperidine rings is 1. The molecule has 2 aromatic carbocycles. The summed E-state index contributed by atoms with van der Waals surface area (Å²) in [6.07, 6.45) is 6.78. The molecule has 2 amide bonds. The summed E-state index contributed by atoms with van der Waals surface area (Å²) < 4.78 is 11.1. The number of likely N-dealkylation sites (N-methyl/N-ethyl adjacent to an activating group) is 1. The number of carbonyl (C=O) groups is 1. The van der Waals surface area contributed by atoms with E-state index in [2.05, 4.69) is 47.1 Å². The van der Waals surface area contributed by atoms with Crippen molar-refractivity contribution in [2.24, 2.45) is 0 Å². The number of nitrogens with zero attached hydrogens (tertiary/aromatic N) is 4. The van der Waals surface area contributed by atoms with Gasteiger partial charge in [-0.1, -0.05) is 31.2 Å². The van der Waals surface area contributed by atoms with Crippen molar-refractivity contribution in [2.45, 2.75) is 51.7 Å². The molecule has 0 bridgehead atoms. The first-order chi connectivity index (χ1) is 18.4. The van der Waals surface area contributed by atoms with Gasteiger partial charge in [-0.3, -0.25) is 14.8 Å². The van der Waals surface area contributed by atoms with Crippen molar-refractivity contribution in [1.82, 2.24) is 19.7 Å². The molecular weight excluding hydrogens is 476 g/mol. The highest BCUT2D eigenvalue weighted by Gasteiger charge is 2.52. The van der Waals surface area contributed by atoms with Crippen LogP contribution in [-0.2, 0) is 13.1 Å². The number of hydrogen-bond acceptors (Lipinski definition) is 5. The molecule has 0 N–H and O–H groups in total. The maximum absolute atomic E-state index is 13.7. The van der Waals surface area contributed by atoms with Crippen molar-refractivity contribution in [3.8, 4) is 11.5 Å². The Kier molecular flexibility index (Phi) is 7.30. The third-order valence-corrected chi connectivity index (χ3v) is 8.36. The number of urea groups is 1. The molecule has 2 fully saturated rings. The lowest BCUT2D eigenvalue weighted by Crippen LogP contribution is -2.52. The molecule has 0 aliphatic carbocycles. The van der Waals surface area contributed by atoms with Crippen LogP contribution in [-0.4, -0.2) is 65.6 Å². The first-order valence-electron chi connectivity index (χ1n) is 13.4. The minimum Gasteiger partial charge on any atom is -0.497 e. The van der Waals surface area contributed by atoms with Crippen LogP contribution < -0.4 is 9.47 Å². The van der Waals surface area contributed by atoms with Gasteiger partial charge >= 0.3 is 6.03 Å². The van der Waals surface area contributed by atoms with E-state index in [4.69, 9.17) is 9.47 Å². The molecule has 2 aliphatic rings. The quantitative estimate of drug-likeness (QED) is 0.401. The highest BCUT2D eigenvalue weighted by Crippen LogP contribution is 2.44. The normalized spacial score (nSPS) is 18.7. The van der Waals surface area contributed by atoms with Gasteiger partial charge in [0.15, 0.2) is 0 Å². The number of amides is 2. The maximum atomic E-state index is 13.7. The fourth-order valence-corrected chi connectivity index (χ4v) is 6.14. The Hall–Kier alpha value is -3.58. The number of rotatable bonds is 7. The Balaban J connectivity index is 1.39. The largest absolute Gasteiger partial charge is 0.497 e. The Morgan fingerprint density at radius 1 is 1.03 bits per heavy atom. The number of benzene rings is 2. The van der Waals surface area contributed by atoms with Gasteiger partial charge in [-0.2, -0.15) is 0 Å². The molecule has 0 atom stereocenters. The van der Waals surface area contributed by atoms with E-state index in [1.54, 1.807) is 14.2 Å². The first kappa shape index (κ1) is 26.0. The Morgan fingerprint density at radius 2 is 1.82 bits per heavy atom. The van der Waals surface area contributed by atoms with E-state index in [9.17, 15) is 4.79 Å². The van der Waals surface area contributed by atoms with Gasteiger partial charge in [0.25, 0.3) is 0 Å². The molecule has 3 heterocycles. The third kappa shape index (κ3) is 4.49. The Labute approximate surface area is 225 Å². The zero-order valence-corrected chi connectivity index (χ0v) is 23.2. The lowest BCUT2D eigenvalue weighted by Gasteiger charge is -2.43. The number of hydrogen-bond donors (Lipinski definition) is 0. The molecule has 3 aromatic rings. The van der Waals surface area contributed by atoms with Gasteiger partial charge in [0.05, 0.1) is 31.8 Å². The number of likely N-dealkylation sites (tertiary alicyclic amines) is 1. The van der Waals surface area contributed by atoms with Crippen LogP contribution in [0.25, 0.3) is 10.9 Å². The van der Waals surface area contributed by atoms with Crippen LogP contribution in [0.15, 0.2) is 60.4 Å². The van der Waals surface area contributed by atoms with Gasteiger partial charge in [0, 0.05) is 50.0 Å². The van der Waals surface area contributed by atoms with Crippen molar-refractivity contribution in [2.75, 3.05) is 34.4 Å². The third-order valence-electron chi connectivity index (χ3n) is 8.36. The minimum absolute atomic E-state index is 0.0551. The van der Waals surface area contributed by atoms with E-state index in [0.717, 1.165) is 72.7 Å². The van der Waals surface area contributed by atoms with Crippen LogP contribution in [0.2, 0.25) is 0 Å². The molecule has 2 saturated heterocycles. The minimum atomic E-state index is -0.291. The van der Waals surface area contributed by atoms with Crippen molar-refractivity contribution < 1.29 is 14.3 Å². The van der Waals surface area contributed by atoms with E-state index in [1.807, 2.05) is 48.2 Å². The van der Waals surface area contributed by atoms with E-state index < -0.39 is 0 Å². The molecule has 0 saturated carbocycles. The van der Waals surface area contributed by atoms with Crippen LogP contribution in [0.1, 0.15) is 42.9 Å². The molecular formula is C31H38N4O3. The lowest BCUT2D eigenvalue weighted by atomic mass is 9.83. The van der Waals surface area contributed by atoms with Crippen LogP contribution >= 0.6 is 0 Å². The SMILES string of the molecule is CC/C=C1\N(Cc2cc(OC)cc(OC)c2C)C(=O)N(C)C12CCN(Cc1cccc3ncccc13)CC2. The summed E-state index contributed by atoms with van der Waals surface area (Å²) >= 11 is 0. The zero-order chi connectivity index (χ0) is 26.9. The van der Waals surface area contributed by atoms with Gasteiger partial charge in [-0.05, 0) is 61.1 Å². The number of ether oxygens (including phenoxy) is 2. The Bertz CT molecular complexity index is 1360. The predicted molar refractivity (Wildman–Crippen MR) is 150 cm³/mol. The van der Waals surface area contributed by atoms with Crippen LogP contribution in [0.5, 0.6) is 11.5 Å². The summed E-state index contributed by atoms with van der Waals surface area (Å²) in [6.45, 7) is 7.41. The number of carbonyl (C=O) groups excluding carboxylic acids is 1. The van der Waals surface area contributed by atoms with Crippen LogP contribution in [0.4, 0.5) is 4.79 Å².